The van der Waals surface area contributed by atoms with Gasteiger partial charge in [0.25, 0.3) is 0 Å². The van der Waals surface area contributed by atoms with E-state index in [0.717, 1.165) is 12.8 Å². The predicted molar refractivity (Wildman–Crippen MR) is 59.9 cm³/mol. The third-order valence-corrected chi connectivity index (χ3v) is 2.39. The van der Waals surface area contributed by atoms with Gasteiger partial charge in [0.2, 0.25) is 0 Å². The van der Waals surface area contributed by atoms with E-state index >= 15 is 0 Å². The quantitative estimate of drug-likeness (QED) is 0.626. The molecule has 3 heteroatoms. The van der Waals surface area contributed by atoms with Crippen LogP contribution in [0.2, 0.25) is 0 Å². The second-order valence-corrected chi connectivity index (χ2v) is 5.19. The van der Waals surface area contributed by atoms with Crippen LogP contribution < -0.4 is 0 Å². The van der Waals surface area contributed by atoms with E-state index < -0.39 is 0 Å². The maximum atomic E-state index is 11.7. The minimum atomic E-state index is -0.207. The largest absolute Gasteiger partial charge is 0.335 e. The zero-order valence-electron chi connectivity index (χ0n) is 11.0. The van der Waals surface area contributed by atoms with Gasteiger partial charge in [-0.25, -0.2) is 0 Å². The van der Waals surface area contributed by atoms with Crippen LogP contribution in [0.25, 0.3) is 0 Å². The van der Waals surface area contributed by atoms with E-state index in [1.54, 1.807) is 0 Å². The molecule has 1 aliphatic heterocycles. The first-order valence-electron chi connectivity index (χ1n) is 5.31. The molecule has 15 heavy (non-hydrogen) atoms. The van der Waals surface area contributed by atoms with Crippen LogP contribution >= 0.6 is 0 Å². The molecule has 0 N–H and O–H groups in total. The van der Waals surface area contributed by atoms with Crippen molar-refractivity contribution in [2.45, 2.75) is 65.5 Å². The summed E-state index contributed by atoms with van der Waals surface area (Å²) in [6.07, 6.45) is 6.02. The fraction of sp³-hybridized carbons (Fsp3) is 0.833. The van der Waals surface area contributed by atoms with Crippen LogP contribution in [0.3, 0.4) is 0 Å². The van der Waals surface area contributed by atoms with Crippen LogP contribution in [-0.2, 0) is 37.9 Å². The molecule has 1 fully saturated rings. The fourth-order valence-electron chi connectivity index (χ4n) is 1.76. The van der Waals surface area contributed by atoms with E-state index in [9.17, 15) is 5.21 Å². The van der Waals surface area contributed by atoms with Crippen molar-refractivity contribution in [3.05, 3.63) is 12.8 Å². The Labute approximate surface area is 121 Å². The van der Waals surface area contributed by atoms with E-state index in [0.29, 0.717) is 0 Å². The van der Waals surface area contributed by atoms with Crippen molar-refractivity contribution in [3.8, 4) is 0 Å². The summed E-state index contributed by atoms with van der Waals surface area (Å²) in [4.78, 5) is 0. The van der Waals surface area contributed by atoms with Crippen LogP contribution in [-0.4, -0.2) is 16.1 Å². The number of hydrogen-bond donors (Lipinski definition) is 0. The molecule has 1 heterocycles. The number of hydrogen-bond acceptors (Lipinski definition) is 1. The average Bonchev–Trinajstić information content (AvgIpc) is 2.01. The van der Waals surface area contributed by atoms with E-state index in [4.69, 9.17) is 0 Å². The topological polar surface area (TPSA) is 23.1 Å². The van der Waals surface area contributed by atoms with Crippen molar-refractivity contribution in [1.29, 1.82) is 0 Å². The molecule has 2 nitrogen and oxygen atoms in total. The zero-order chi connectivity index (χ0) is 11.4. The van der Waals surface area contributed by atoms with Crippen LogP contribution in [0.15, 0.2) is 0 Å². The molecule has 88 valence electrons. The SMILES string of the molecule is CC1(C)C[CH-]CC(C)(C)N1[O].C[CH-]C.[Y]. The normalized spacial score (nSPS) is 23.4. The summed E-state index contributed by atoms with van der Waals surface area (Å²) in [5.41, 5.74) is -0.413. The molecule has 0 unspecified atom stereocenters. The second kappa shape index (κ2) is 7.37. The van der Waals surface area contributed by atoms with Gasteiger partial charge in [0.15, 0.2) is 0 Å². The summed E-state index contributed by atoms with van der Waals surface area (Å²) in [6.45, 7) is 12.0. The van der Waals surface area contributed by atoms with Crippen molar-refractivity contribution < 1.29 is 37.9 Å². The van der Waals surface area contributed by atoms with E-state index in [-0.39, 0.29) is 43.8 Å². The average molecular weight is 287 g/mol. The Morgan fingerprint density at radius 1 is 1.07 bits per heavy atom. The number of nitrogens with zero attached hydrogens (tertiary/aromatic N) is 1. The van der Waals surface area contributed by atoms with E-state index in [1.807, 2.05) is 48.0 Å². The fourth-order valence-corrected chi connectivity index (χ4v) is 1.76. The Bertz CT molecular complexity index is 153. The van der Waals surface area contributed by atoms with Crippen LogP contribution in [0.5, 0.6) is 0 Å². The van der Waals surface area contributed by atoms with Crippen molar-refractivity contribution >= 4 is 0 Å². The molecule has 0 atom stereocenters. The molecule has 0 aromatic heterocycles. The maximum Gasteiger partial charge on any atom is 0.0175 e. The van der Waals surface area contributed by atoms with Gasteiger partial charge in [-0.15, -0.1) is 10.3 Å². The first-order valence-corrected chi connectivity index (χ1v) is 5.31. The van der Waals surface area contributed by atoms with Gasteiger partial charge < -0.3 is 12.8 Å². The minimum Gasteiger partial charge on any atom is -0.335 e. The number of rotatable bonds is 0. The van der Waals surface area contributed by atoms with Gasteiger partial charge in [0.1, 0.15) is 0 Å². The van der Waals surface area contributed by atoms with Gasteiger partial charge >= 0.3 is 0 Å². The summed E-state index contributed by atoms with van der Waals surface area (Å²) >= 11 is 0. The Balaban J connectivity index is 0. The van der Waals surface area contributed by atoms with Crippen LogP contribution in [0.4, 0.5) is 0 Å². The maximum absolute atomic E-state index is 11.7. The molecular weight excluding hydrogens is 263 g/mol. The van der Waals surface area contributed by atoms with Crippen LogP contribution in [0.1, 0.15) is 54.4 Å². The molecule has 2 radical (unpaired) electrons. The Morgan fingerprint density at radius 2 is 1.33 bits per heavy atom. The summed E-state index contributed by atoms with van der Waals surface area (Å²) in [5.74, 6) is 0. The van der Waals surface area contributed by atoms with Gasteiger partial charge in [-0.1, -0.05) is 0 Å². The van der Waals surface area contributed by atoms with Gasteiger partial charge in [-0.3, -0.25) is 0 Å². The summed E-state index contributed by atoms with van der Waals surface area (Å²) in [6, 6.07) is 0. The van der Waals surface area contributed by atoms with Gasteiger partial charge in [0, 0.05) is 43.8 Å². The molecule has 0 aromatic rings. The van der Waals surface area contributed by atoms with Gasteiger partial charge in [-0.2, -0.15) is 26.7 Å². The van der Waals surface area contributed by atoms with Crippen molar-refractivity contribution in [1.82, 2.24) is 5.06 Å². The zero-order valence-corrected chi connectivity index (χ0v) is 13.8. The Morgan fingerprint density at radius 3 is 1.53 bits per heavy atom. The smallest absolute Gasteiger partial charge is 0.0175 e. The van der Waals surface area contributed by atoms with E-state index in [2.05, 4.69) is 6.42 Å². The first kappa shape index (κ1) is 18.4. The molecule has 0 spiro atoms. The number of piperidine rings is 1. The van der Waals surface area contributed by atoms with Crippen molar-refractivity contribution in [2.24, 2.45) is 0 Å². The Kier molecular flexibility index (Phi) is 9.03. The summed E-state index contributed by atoms with van der Waals surface area (Å²) in [7, 11) is 0. The van der Waals surface area contributed by atoms with Gasteiger partial charge in [-0.05, 0) is 27.7 Å². The second-order valence-electron chi connectivity index (χ2n) is 5.19. The van der Waals surface area contributed by atoms with Crippen LogP contribution in [0, 0.1) is 12.8 Å². The standard InChI is InChI=1S/C9H17NO.C3H7.Y/c1-8(2)6-5-7-9(3,4)10(8)11;1-3-2;/h5H,6-7H2,1-4H3;3H,1-2H3;/q2*-1;. The summed E-state index contributed by atoms with van der Waals surface area (Å²) in [5, 5.41) is 12.9. The number of hydroxylamine groups is 2. The van der Waals surface area contributed by atoms with Gasteiger partial charge in [0.05, 0.1) is 0 Å². The first-order chi connectivity index (χ1) is 6.28. The van der Waals surface area contributed by atoms with Crippen molar-refractivity contribution in [2.75, 3.05) is 0 Å². The third-order valence-electron chi connectivity index (χ3n) is 2.39. The molecule has 0 aromatic carbocycles. The molecule has 1 saturated heterocycles. The monoisotopic (exact) mass is 287 g/mol. The molecule has 1 aliphatic rings. The Hall–Kier alpha value is 1.02. The molecule has 0 saturated carbocycles. The third kappa shape index (κ3) is 5.77. The predicted octanol–water partition coefficient (Wildman–Crippen LogP) is 3.42. The molecule has 0 bridgehead atoms. The van der Waals surface area contributed by atoms with E-state index in [1.165, 1.54) is 5.06 Å². The minimum absolute atomic E-state index is 0. The molecule has 0 amide bonds. The summed E-state index contributed by atoms with van der Waals surface area (Å²) < 4.78 is 0. The molecular formula is C12H24NOY-2. The molecule has 0 aliphatic carbocycles. The van der Waals surface area contributed by atoms with Crippen molar-refractivity contribution in [3.63, 3.8) is 0 Å². The molecule has 1 rings (SSSR count).